The van der Waals surface area contributed by atoms with Crippen LogP contribution in [-0.4, -0.2) is 0 Å². The molecule has 0 radical (unpaired) electrons. The average Bonchev–Trinajstić information content (AvgIpc) is 2.18. The van der Waals surface area contributed by atoms with Crippen molar-refractivity contribution in [1.29, 1.82) is 0 Å². The number of hydrogen-bond donors (Lipinski definition) is 1. The topological polar surface area (TPSA) is 26.0 Å². The van der Waals surface area contributed by atoms with Crippen molar-refractivity contribution in [3.8, 4) is 0 Å². The van der Waals surface area contributed by atoms with Gasteiger partial charge in [-0.15, -0.1) is 0 Å². The molecule has 1 nitrogen and oxygen atoms in total. The van der Waals surface area contributed by atoms with Crippen molar-refractivity contribution in [2.75, 3.05) is 0 Å². The first-order chi connectivity index (χ1) is 8.12. The van der Waals surface area contributed by atoms with E-state index in [0.29, 0.717) is 12.5 Å². The van der Waals surface area contributed by atoms with Crippen molar-refractivity contribution in [3.05, 3.63) is 34.1 Å². The van der Waals surface area contributed by atoms with Gasteiger partial charge in [-0.25, -0.2) is 4.39 Å². The van der Waals surface area contributed by atoms with Gasteiger partial charge in [0.05, 0.1) is 10.6 Å². The van der Waals surface area contributed by atoms with Crippen LogP contribution in [0, 0.1) is 11.7 Å². The van der Waals surface area contributed by atoms with Crippen molar-refractivity contribution >= 4 is 11.6 Å². The SMILES string of the molecule is CC(C)C[C@@H](N)c1cc(C(F)(F)F)cc(Cl)c1F. The maximum atomic E-state index is 13.7. The standard InChI is InChI=1S/C12H14ClF4N/c1-6(2)3-10(18)8-4-7(12(15,16)17)5-9(13)11(8)14/h4-6,10H,3,18H2,1-2H3/t10-/m1/s1. The first kappa shape index (κ1) is 15.2. The zero-order valence-corrected chi connectivity index (χ0v) is 10.7. The molecule has 0 saturated heterocycles. The Balaban J connectivity index is 3.22. The monoisotopic (exact) mass is 283 g/mol. The van der Waals surface area contributed by atoms with Crippen LogP contribution in [0.4, 0.5) is 17.6 Å². The fraction of sp³-hybridized carbons (Fsp3) is 0.500. The van der Waals surface area contributed by atoms with E-state index in [4.69, 9.17) is 17.3 Å². The summed E-state index contributed by atoms with van der Waals surface area (Å²) in [7, 11) is 0. The summed E-state index contributed by atoms with van der Waals surface area (Å²) < 4.78 is 51.4. The maximum Gasteiger partial charge on any atom is 0.416 e. The van der Waals surface area contributed by atoms with E-state index in [2.05, 4.69) is 0 Å². The molecule has 0 aromatic heterocycles. The molecule has 0 aliphatic heterocycles. The molecule has 1 rings (SSSR count). The molecule has 1 aromatic rings. The third kappa shape index (κ3) is 3.59. The second-order valence-corrected chi connectivity index (χ2v) is 5.00. The maximum absolute atomic E-state index is 13.7. The molecule has 18 heavy (non-hydrogen) atoms. The molecule has 1 aromatic carbocycles. The van der Waals surface area contributed by atoms with Gasteiger partial charge in [0, 0.05) is 11.6 Å². The predicted octanol–water partition coefficient (Wildman–Crippen LogP) is 4.54. The summed E-state index contributed by atoms with van der Waals surface area (Å²) in [5.74, 6) is -0.731. The normalized spacial score (nSPS) is 14.1. The molecule has 0 fully saturated rings. The molecule has 0 spiro atoms. The van der Waals surface area contributed by atoms with Gasteiger partial charge < -0.3 is 5.73 Å². The van der Waals surface area contributed by atoms with Gasteiger partial charge in [-0.3, -0.25) is 0 Å². The van der Waals surface area contributed by atoms with E-state index in [9.17, 15) is 17.6 Å². The van der Waals surface area contributed by atoms with Crippen molar-refractivity contribution < 1.29 is 17.6 Å². The third-order valence-electron chi connectivity index (χ3n) is 2.51. The molecule has 102 valence electrons. The summed E-state index contributed by atoms with van der Waals surface area (Å²) in [6.07, 6.45) is -4.18. The zero-order valence-electron chi connectivity index (χ0n) is 9.98. The molecular formula is C12H14ClF4N. The van der Waals surface area contributed by atoms with E-state index in [1.54, 1.807) is 0 Å². The Kier molecular flexibility index (Phi) is 4.61. The highest BCUT2D eigenvalue weighted by Crippen LogP contribution is 2.35. The average molecular weight is 284 g/mol. The van der Waals surface area contributed by atoms with Gasteiger partial charge >= 0.3 is 6.18 Å². The number of benzene rings is 1. The van der Waals surface area contributed by atoms with Gasteiger partial charge in [0.1, 0.15) is 5.82 Å². The van der Waals surface area contributed by atoms with E-state index >= 15 is 0 Å². The van der Waals surface area contributed by atoms with Crippen molar-refractivity contribution in [2.24, 2.45) is 11.7 Å². The Morgan fingerprint density at radius 2 is 1.83 bits per heavy atom. The fourth-order valence-electron chi connectivity index (χ4n) is 1.68. The summed E-state index contributed by atoms with van der Waals surface area (Å²) in [6, 6.07) is 0.501. The highest BCUT2D eigenvalue weighted by Gasteiger charge is 2.33. The smallest absolute Gasteiger partial charge is 0.324 e. The summed E-state index contributed by atoms with van der Waals surface area (Å²) in [6.45, 7) is 3.71. The molecule has 1 atom stereocenters. The minimum atomic E-state index is -4.57. The Morgan fingerprint density at radius 3 is 2.28 bits per heavy atom. The van der Waals surface area contributed by atoms with Crippen LogP contribution in [0.3, 0.4) is 0 Å². The number of rotatable bonds is 3. The fourth-order valence-corrected chi connectivity index (χ4v) is 1.91. The molecule has 0 unspecified atom stereocenters. The van der Waals surface area contributed by atoms with E-state index in [0.717, 1.165) is 6.07 Å². The van der Waals surface area contributed by atoms with Gasteiger partial charge in [0.15, 0.2) is 0 Å². The number of nitrogens with two attached hydrogens (primary N) is 1. The van der Waals surface area contributed by atoms with E-state index in [1.165, 1.54) is 0 Å². The summed E-state index contributed by atoms with van der Waals surface area (Å²) in [5, 5.41) is -0.556. The molecule has 0 aliphatic rings. The van der Waals surface area contributed by atoms with Crippen LogP contribution in [0.15, 0.2) is 12.1 Å². The molecule has 6 heteroatoms. The number of halogens is 5. The zero-order chi connectivity index (χ0) is 14.1. The van der Waals surface area contributed by atoms with Crippen LogP contribution in [-0.2, 0) is 6.18 Å². The third-order valence-corrected chi connectivity index (χ3v) is 2.78. The molecule has 0 heterocycles. The first-order valence-corrected chi connectivity index (χ1v) is 5.82. The summed E-state index contributed by atoms with van der Waals surface area (Å²) >= 11 is 5.48. The lowest BCUT2D eigenvalue weighted by atomic mass is 9.96. The minimum absolute atomic E-state index is 0.146. The lowest BCUT2D eigenvalue weighted by Crippen LogP contribution is -2.16. The van der Waals surface area contributed by atoms with Gasteiger partial charge in [-0.2, -0.15) is 13.2 Å². The highest BCUT2D eigenvalue weighted by molar-refractivity contribution is 6.30. The second-order valence-electron chi connectivity index (χ2n) is 4.60. The number of hydrogen-bond acceptors (Lipinski definition) is 1. The van der Waals surface area contributed by atoms with E-state index in [-0.39, 0.29) is 11.5 Å². The summed E-state index contributed by atoms with van der Waals surface area (Å²) in [5.41, 5.74) is 4.54. The molecule has 0 amide bonds. The van der Waals surface area contributed by atoms with Crippen LogP contribution in [0.25, 0.3) is 0 Å². The van der Waals surface area contributed by atoms with Crippen LogP contribution in [0.5, 0.6) is 0 Å². The van der Waals surface area contributed by atoms with Gasteiger partial charge in [-0.1, -0.05) is 25.4 Å². The lowest BCUT2D eigenvalue weighted by Gasteiger charge is -2.18. The Hall–Kier alpha value is -0.810. The van der Waals surface area contributed by atoms with Crippen LogP contribution in [0.2, 0.25) is 5.02 Å². The van der Waals surface area contributed by atoms with Crippen molar-refractivity contribution in [3.63, 3.8) is 0 Å². The van der Waals surface area contributed by atoms with Gasteiger partial charge in [0.2, 0.25) is 0 Å². The van der Waals surface area contributed by atoms with Crippen LogP contribution in [0.1, 0.15) is 37.4 Å². The van der Waals surface area contributed by atoms with Gasteiger partial charge in [0.25, 0.3) is 0 Å². The van der Waals surface area contributed by atoms with E-state index in [1.807, 2.05) is 13.8 Å². The van der Waals surface area contributed by atoms with Crippen molar-refractivity contribution in [2.45, 2.75) is 32.5 Å². The largest absolute Gasteiger partial charge is 0.416 e. The molecule has 0 bridgehead atoms. The van der Waals surface area contributed by atoms with Gasteiger partial charge in [-0.05, 0) is 24.5 Å². The summed E-state index contributed by atoms with van der Waals surface area (Å²) in [4.78, 5) is 0. The van der Waals surface area contributed by atoms with Crippen molar-refractivity contribution in [1.82, 2.24) is 0 Å². The second kappa shape index (κ2) is 5.45. The Labute approximate surface area is 108 Å². The quantitative estimate of drug-likeness (QED) is 0.810. The lowest BCUT2D eigenvalue weighted by molar-refractivity contribution is -0.137. The van der Waals surface area contributed by atoms with E-state index < -0.39 is 28.6 Å². The predicted molar refractivity (Wildman–Crippen MR) is 62.8 cm³/mol. The minimum Gasteiger partial charge on any atom is -0.324 e. The molecule has 0 saturated carbocycles. The Bertz CT molecular complexity index is 429. The molecule has 0 aliphatic carbocycles. The Morgan fingerprint density at radius 1 is 1.28 bits per heavy atom. The van der Waals surface area contributed by atoms with Crippen LogP contribution < -0.4 is 5.73 Å². The van der Waals surface area contributed by atoms with Crippen LogP contribution >= 0.6 is 11.6 Å². The molecular weight excluding hydrogens is 270 g/mol. The highest BCUT2D eigenvalue weighted by atomic mass is 35.5. The number of alkyl halides is 3. The first-order valence-electron chi connectivity index (χ1n) is 5.44. The molecule has 2 N–H and O–H groups in total.